The molecule has 0 spiro atoms. The number of hydrogen-bond donors (Lipinski definition) is 10. The Morgan fingerprint density at radius 2 is 1.68 bits per heavy atom. The van der Waals surface area contributed by atoms with Crippen molar-refractivity contribution >= 4 is 0 Å². The lowest BCUT2D eigenvalue weighted by atomic mass is 9.73. The molecule has 12 unspecified atom stereocenters. The molecule has 2 heterocycles. The Kier molecular flexibility index (Phi) is 10.4. The van der Waals surface area contributed by atoms with Crippen molar-refractivity contribution in [1.82, 2.24) is 5.32 Å². The Morgan fingerprint density at radius 3 is 2.29 bits per heavy atom. The van der Waals surface area contributed by atoms with Gasteiger partial charge in [-0.3, -0.25) is 0 Å². The number of rotatable bonds is 9. The van der Waals surface area contributed by atoms with E-state index in [2.05, 4.69) is 5.32 Å². The predicted molar refractivity (Wildman–Crippen MR) is 119 cm³/mol. The summed E-state index contributed by atoms with van der Waals surface area (Å²) >= 11 is 0. The molecule has 2 saturated heterocycles. The molecule has 3 fully saturated rings. The second-order valence-electron chi connectivity index (χ2n) is 9.65. The standard InChI is InChI=1S/C21H42N4O9/c22-5-10-2-1-3-13(32-10)15-11(23)4-12(25-9(6-26)7-27)20(18(15)30)34-21-19(31)16(24)17(29)14(8-28)33-21/h9-21,25-31H,1-8,22-24H2. The number of hydrogen-bond acceptors (Lipinski definition) is 13. The smallest absolute Gasteiger partial charge is 0.186 e. The molecule has 0 aromatic heterocycles. The van der Waals surface area contributed by atoms with Gasteiger partial charge in [0.05, 0.1) is 50.2 Å². The van der Waals surface area contributed by atoms with Crippen LogP contribution < -0.4 is 22.5 Å². The predicted octanol–water partition coefficient (Wildman–Crippen LogP) is -4.95. The number of ether oxygens (including phenoxy) is 3. The van der Waals surface area contributed by atoms with E-state index in [1.165, 1.54) is 0 Å². The Bertz CT molecular complexity index is 617. The van der Waals surface area contributed by atoms with Crippen molar-refractivity contribution in [2.24, 2.45) is 23.1 Å². The lowest BCUT2D eigenvalue weighted by Gasteiger charge is -2.50. The summed E-state index contributed by atoms with van der Waals surface area (Å²) in [6, 6.07) is -2.94. The lowest BCUT2D eigenvalue weighted by molar-refractivity contribution is -0.306. The van der Waals surface area contributed by atoms with Crippen molar-refractivity contribution in [3.63, 3.8) is 0 Å². The van der Waals surface area contributed by atoms with E-state index < -0.39 is 73.5 Å². The number of nitrogens with two attached hydrogens (primary N) is 3. The van der Waals surface area contributed by atoms with Crippen molar-refractivity contribution in [3.8, 4) is 0 Å². The molecule has 200 valence electrons. The van der Waals surface area contributed by atoms with Gasteiger partial charge in [-0.05, 0) is 25.7 Å². The van der Waals surface area contributed by atoms with Gasteiger partial charge in [-0.15, -0.1) is 0 Å². The van der Waals surface area contributed by atoms with E-state index >= 15 is 0 Å². The maximum absolute atomic E-state index is 11.4. The van der Waals surface area contributed by atoms with Gasteiger partial charge in [0.15, 0.2) is 6.29 Å². The Hall–Kier alpha value is -0.520. The quantitative estimate of drug-likeness (QED) is 0.145. The van der Waals surface area contributed by atoms with Crippen LogP contribution >= 0.6 is 0 Å². The molecule has 0 radical (unpaired) electrons. The number of nitrogens with one attached hydrogen (secondary N) is 1. The average Bonchev–Trinajstić information content (AvgIpc) is 2.84. The maximum Gasteiger partial charge on any atom is 0.186 e. The topological polar surface area (TPSA) is 239 Å². The van der Waals surface area contributed by atoms with Gasteiger partial charge in [-0.25, -0.2) is 0 Å². The first kappa shape index (κ1) is 28.1. The third kappa shape index (κ3) is 6.06. The molecule has 13 heteroatoms. The summed E-state index contributed by atoms with van der Waals surface area (Å²) in [6.45, 7) is -0.898. The van der Waals surface area contributed by atoms with E-state index in [4.69, 9.17) is 31.4 Å². The Labute approximate surface area is 199 Å². The van der Waals surface area contributed by atoms with Crippen molar-refractivity contribution in [2.75, 3.05) is 26.4 Å². The molecule has 2 aliphatic heterocycles. The highest BCUT2D eigenvalue weighted by Gasteiger charge is 2.51. The maximum atomic E-state index is 11.4. The highest BCUT2D eigenvalue weighted by atomic mass is 16.7. The summed E-state index contributed by atoms with van der Waals surface area (Å²) in [5.74, 6) is -0.507. The largest absolute Gasteiger partial charge is 0.395 e. The summed E-state index contributed by atoms with van der Waals surface area (Å²) < 4.78 is 17.7. The van der Waals surface area contributed by atoms with E-state index in [-0.39, 0.29) is 25.4 Å². The minimum absolute atomic E-state index is 0.130. The van der Waals surface area contributed by atoms with Crippen LogP contribution in [-0.4, -0.2) is 130 Å². The Balaban J connectivity index is 1.83. The second-order valence-corrected chi connectivity index (χ2v) is 9.65. The van der Waals surface area contributed by atoms with Gasteiger partial charge < -0.3 is 67.4 Å². The van der Waals surface area contributed by atoms with Gasteiger partial charge in [0, 0.05) is 24.5 Å². The molecular formula is C21H42N4O9. The van der Waals surface area contributed by atoms with Crippen LogP contribution in [0.5, 0.6) is 0 Å². The van der Waals surface area contributed by atoms with E-state index in [1.807, 2.05) is 0 Å². The molecule has 12 atom stereocenters. The highest BCUT2D eigenvalue weighted by Crippen LogP contribution is 2.36. The van der Waals surface area contributed by atoms with E-state index in [0.717, 1.165) is 12.8 Å². The molecule has 0 bridgehead atoms. The summed E-state index contributed by atoms with van der Waals surface area (Å²) in [5, 5.41) is 63.9. The molecule has 0 amide bonds. The van der Waals surface area contributed by atoms with E-state index in [0.29, 0.717) is 19.4 Å². The molecule has 0 aromatic carbocycles. The van der Waals surface area contributed by atoms with Gasteiger partial charge in [-0.2, -0.15) is 0 Å². The fourth-order valence-electron chi connectivity index (χ4n) is 5.36. The molecule has 34 heavy (non-hydrogen) atoms. The normalized spacial score (nSPS) is 46.1. The zero-order valence-corrected chi connectivity index (χ0v) is 19.3. The van der Waals surface area contributed by atoms with Crippen LogP contribution in [0.1, 0.15) is 25.7 Å². The van der Waals surface area contributed by atoms with Crippen molar-refractivity contribution in [3.05, 3.63) is 0 Å². The van der Waals surface area contributed by atoms with Crippen LogP contribution in [0, 0.1) is 5.92 Å². The lowest BCUT2D eigenvalue weighted by Crippen LogP contribution is -2.68. The SMILES string of the molecule is NCC1CCCC(C2C(N)CC(NC(CO)CO)C(OC3OC(CO)C(O)C(N)C3O)C2O)O1. The molecule has 3 aliphatic rings. The van der Waals surface area contributed by atoms with Gasteiger partial charge in [0.2, 0.25) is 0 Å². The average molecular weight is 495 g/mol. The number of aliphatic hydroxyl groups excluding tert-OH is 6. The van der Waals surface area contributed by atoms with Gasteiger partial charge >= 0.3 is 0 Å². The Morgan fingerprint density at radius 1 is 0.971 bits per heavy atom. The first-order chi connectivity index (χ1) is 16.2. The van der Waals surface area contributed by atoms with Crippen LogP contribution in [0.2, 0.25) is 0 Å². The van der Waals surface area contributed by atoms with Gasteiger partial charge in [0.25, 0.3) is 0 Å². The van der Waals surface area contributed by atoms with E-state index in [1.54, 1.807) is 0 Å². The zero-order chi connectivity index (χ0) is 25.0. The third-order valence-corrected chi connectivity index (χ3v) is 7.34. The second kappa shape index (κ2) is 12.6. The third-order valence-electron chi connectivity index (χ3n) is 7.34. The van der Waals surface area contributed by atoms with Crippen molar-refractivity contribution < 1.29 is 44.8 Å². The summed E-state index contributed by atoms with van der Waals surface area (Å²) in [4.78, 5) is 0. The minimum Gasteiger partial charge on any atom is -0.395 e. The summed E-state index contributed by atoms with van der Waals surface area (Å²) in [7, 11) is 0. The highest BCUT2D eigenvalue weighted by molar-refractivity contribution is 5.03. The van der Waals surface area contributed by atoms with Crippen LogP contribution in [0.3, 0.4) is 0 Å². The summed E-state index contributed by atoms with van der Waals surface area (Å²) in [5.41, 5.74) is 18.2. The fraction of sp³-hybridized carbons (Fsp3) is 1.00. The van der Waals surface area contributed by atoms with Crippen LogP contribution in [0.15, 0.2) is 0 Å². The zero-order valence-electron chi connectivity index (χ0n) is 19.3. The molecule has 3 rings (SSSR count). The number of aliphatic hydroxyl groups is 6. The first-order valence-electron chi connectivity index (χ1n) is 12.1. The van der Waals surface area contributed by atoms with Crippen molar-refractivity contribution in [2.45, 2.75) is 98.9 Å². The molecule has 1 aliphatic carbocycles. The van der Waals surface area contributed by atoms with Crippen molar-refractivity contribution in [1.29, 1.82) is 0 Å². The molecular weight excluding hydrogens is 452 g/mol. The van der Waals surface area contributed by atoms with Gasteiger partial charge in [-0.1, -0.05) is 0 Å². The van der Waals surface area contributed by atoms with Gasteiger partial charge in [0.1, 0.15) is 24.4 Å². The molecule has 1 saturated carbocycles. The fourth-order valence-corrected chi connectivity index (χ4v) is 5.36. The minimum atomic E-state index is -1.43. The van der Waals surface area contributed by atoms with Crippen LogP contribution in [0.4, 0.5) is 0 Å². The monoisotopic (exact) mass is 494 g/mol. The van der Waals surface area contributed by atoms with Crippen LogP contribution in [0.25, 0.3) is 0 Å². The molecule has 13 nitrogen and oxygen atoms in total. The molecule has 0 aromatic rings. The van der Waals surface area contributed by atoms with E-state index in [9.17, 15) is 30.6 Å². The summed E-state index contributed by atoms with van der Waals surface area (Å²) in [6.07, 6.45) is -5.08. The first-order valence-corrected chi connectivity index (χ1v) is 12.1. The van der Waals surface area contributed by atoms with Crippen LogP contribution in [-0.2, 0) is 14.2 Å². The molecule has 13 N–H and O–H groups in total.